The molecule has 0 aliphatic heterocycles. The fourth-order valence-electron chi connectivity index (χ4n) is 3.14. The smallest absolute Gasteiger partial charge is 0.266 e. The van der Waals surface area contributed by atoms with Crippen LogP contribution in [0.4, 0.5) is 5.69 Å². The fourth-order valence-corrected chi connectivity index (χ4v) is 3.32. The summed E-state index contributed by atoms with van der Waals surface area (Å²) in [6, 6.07) is 19.2. The maximum Gasteiger partial charge on any atom is 0.266 e. The molecule has 1 aromatic heterocycles. The van der Waals surface area contributed by atoms with E-state index in [2.05, 4.69) is 9.88 Å². The number of aryl methyl sites for hydroxylation is 1. The van der Waals surface area contributed by atoms with E-state index in [1.807, 2.05) is 63.2 Å². The Hall–Kier alpha value is -3.29. The molecule has 28 heavy (non-hydrogen) atoms. The highest BCUT2D eigenvalue weighted by molar-refractivity contribution is 6.31. The van der Waals surface area contributed by atoms with Crippen LogP contribution in [0, 0.1) is 32.1 Å². The SMILES string of the molecule is Cc1c(Cl)cccc1NC(=O)/C(C#N)=C/c1cc(C)n(-c2ccccc2)c1C. The summed E-state index contributed by atoms with van der Waals surface area (Å²) >= 11 is 6.11. The molecule has 2 aromatic carbocycles. The zero-order valence-electron chi connectivity index (χ0n) is 16.0. The Balaban J connectivity index is 1.94. The first kappa shape index (κ1) is 19.5. The Labute approximate surface area is 169 Å². The summed E-state index contributed by atoms with van der Waals surface area (Å²) in [6.07, 6.45) is 1.62. The van der Waals surface area contributed by atoms with Crippen LogP contribution in [0.2, 0.25) is 5.02 Å². The number of hydrogen-bond acceptors (Lipinski definition) is 2. The molecule has 1 amide bonds. The molecule has 0 bridgehead atoms. The molecular formula is C23H20ClN3O. The molecule has 0 radical (unpaired) electrons. The minimum atomic E-state index is -0.461. The molecule has 3 rings (SSSR count). The molecule has 3 aromatic rings. The molecule has 0 fully saturated rings. The Morgan fingerprint density at radius 3 is 2.50 bits per heavy atom. The van der Waals surface area contributed by atoms with Gasteiger partial charge in [-0.15, -0.1) is 0 Å². The second-order valence-electron chi connectivity index (χ2n) is 6.53. The van der Waals surface area contributed by atoms with Crippen LogP contribution in [0.1, 0.15) is 22.5 Å². The number of nitriles is 1. The normalized spacial score (nSPS) is 11.2. The molecule has 0 unspecified atom stereocenters. The first-order chi connectivity index (χ1) is 13.4. The first-order valence-electron chi connectivity index (χ1n) is 8.85. The summed E-state index contributed by atoms with van der Waals surface area (Å²) in [5.74, 6) is -0.461. The van der Waals surface area contributed by atoms with Crippen LogP contribution in [0.25, 0.3) is 11.8 Å². The summed E-state index contributed by atoms with van der Waals surface area (Å²) in [7, 11) is 0. The van der Waals surface area contributed by atoms with Crippen LogP contribution in [-0.4, -0.2) is 10.5 Å². The average Bonchev–Trinajstić information content (AvgIpc) is 2.97. The predicted octanol–water partition coefficient (Wildman–Crippen LogP) is 5.60. The molecule has 5 heteroatoms. The van der Waals surface area contributed by atoms with Gasteiger partial charge in [0.25, 0.3) is 5.91 Å². The topological polar surface area (TPSA) is 57.8 Å². The quantitative estimate of drug-likeness (QED) is 0.466. The third-order valence-electron chi connectivity index (χ3n) is 4.67. The molecule has 0 spiro atoms. The lowest BCUT2D eigenvalue weighted by molar-refractivity contribution is -0.112. The standard InChI is InChI=1S/C23H20ClN3O/c1-15-12-18(17(3)27(15)20-8-5-4-6-9-20)13-19(14-25)23(28)26-22-11-7-10-21(24)16(22)2/h4-13H,1-3H3,(H,26,28)/b19-13+. The zero-order chi connectivity index (χ0) is 20.3. The van der Waals surface area contributed by atoms with Crippen molar-refractivity contribution in [1.29, 1.82) is 5.26 Å². The molecule has 0 aliphatic carbocycles. The molecule has 0 aliphatic rings. The summed E-state index contributed by atoms with van der Waals surface area (Å²) < 4.78 is 2.10. The van der Waals surface area contributed by atoms with Crippen LogP contribution in [0.5, 0.6) is 0 Å². The Morgan fingerprint density at radius 1 is 1.11 bits per heavy atom. The van der Waals surface area contributed by atoms with Crippen molar-refractivity contribution >= 4 is 29.3 Å². The molecule has 140 valence electrons. The van der Waals surface area contributed by atoms with E-state index in [-0.39, 0.29) is 5.57 Å². The van der Waals surface area contributed by atoms with Gasteiger partial charge < -0.3 is 9.88 Å². The molecule has 4 nitrogen and oxygen atoms in total. The molecule has 1 heterocycles. The van der Waals surface area contributed by atoms with E-state index in [9.17, 15) is 10.1 Å². The lowest BCUT2D eigenvalue weighted by Gasteiger charge is -2.10. The van der Waals surface area contributed by atoms with Gasteiger partial charge in [0.1, 0.15) is 11.6 Å². The van der Waals surface area contributed by atoms with Gasteiger partial charge in [-0.05, 0) is 68.3 Å². The van der Waals surface area contributed by atoms with E-state index >= 15 is 0 Å². The highest BCUT2D eigenvalue weighted by Crippen LogP contribution is 2.25. The van der Waals surface area contributed by atoms with Gasteiger partial charge in [-0.25, -0.2) is 0 Å². The number of nitrogens with one attached hydrogen (secondary N) is 1. The number of carbonyl (C=O) groups excluding carboxylic acids is 1. The second kappa shape index (κ2) is 8.16. The number of aromatic nitrogens is 1. The molecule has 0 saturated heterocycles. The van der Waals surface area contributed by atoms with E-state index in [1.54, 1.807) is 24.3 Å². The van der Waals surface area contributed by atoms with E-state index in [1.165, 1.54) is 0 Å². The minimum Gasteiger partial charge on any atom is -0.321 e. The second-order valence-corrected chi connectivity index (χ2v) is 6.94. The Morgan fingerprint density at radius 2 is 1.82 bits per heavy atom. The van der Waals surface area contributed by atoms with Gasteiger partial charge in [0, 0.05) is 27.8 Å². The molecular weight excluding hydrogens is 370 g/mol. The highest BCUT2D eigenvalue weighted by atomic mass is 35.5. The number of benzene rings is 2. The summed E-state index contributed by atoms with van der Waals surface area (Å²) in [6.45, 7) is 5.79. The number of halogens is 1. The zero-order valence-corrected chi connectivity index (χ0v) is 16.7. The van der Waals surface area contributed by atoms with Crippen LogP contribution < -0.4 is 5.32 Å². The van der Waals surface area contributed by atoms with Crippen molar-refractivity contribution in [3.05, 3.63) is 87.7 Å². The van der Waals surface area contributed by atoms with Gasteiger partial charge in [0.15, 0.2) is 0 Å². The van der Waals surface area contributed by atoms with Gasteiger partial charge in [-0.1, -0.05) is 35.9 Å². The van der Waals surface area contributed by atoms with Crippen molar-refractivity contribution < 1.29 is 4.79 Å². The first-order valence-corrected chi connectivity index (χ1v) is 9.22. The number of rotatable bonds is 4. The lowest BCUT2D eigenvalue weighted by atomic mass is 10.1. The third kappa shape index (κ3) is 3.85. The average molecular weight is 390 g/mol. The van der Waals surface area contributed by atoms with Crippen LogP contribution >= 0.6 is 11.6 Å². The van der Waals surface area contributed by atoms with E-state index in [4.69, 9.17) is 11.6 Å². The lowest BCUT2D eigenvalue weighted by Crippen LogP contribution is -2.14. The number of amides is 1. The van der Waals surface area contributed by atoms with Crippen molar-refractivity contribution in [3.63, 3.8) is 0 Å². The maximum atomic E-state index is 12.6. The molecule has 0 saturated carbocycles. The number of carbonyl (C=O) groups is 1. The summed E-state index contributed by atoms with van der Waals surface area (Å²) in [4.78, 5) is 12.6. The number of hydrogen-bond donors (Lipinski definition) is 1. The Kier molecular flexibility index (Phi) is 5.67. The number of nitrogens with zero attached hydrogens (tertiary/aromatic N) is 2. The largest absolute Gasteiger partial charge is 0.321 e. The van der Waals surface area contributed by atoms with Crippen molar-refractivity contribution in [3.8, 4) is 11.8 Å². The van der Waals surface area contributed by atoms with Crippen molar-refractivity contribution in [1.82, 2.24) is 4.57 Å². The maximum absolute atomic E-state index is 12.6. The van der Waals surface area contributed by atoms with Crippen LogP contribution in [-0.2, 0) is 4.79 Å². The van der Waals surface area contributed by atoms with Gasteiger partial charge in [-0.3, -0.25) is 4.79 Å². The van der Waals surface area contributed by atoms with Crippen LogP contribution in [0.3, 0.4) is 0 Å². The van der Waals surface area contributed by atoms with Gasteiger partial charge in [0.05, 0.1) is 0 Å². The third-order valence-corrected chi connectivity index (χ3v) is 5.07. The van der Waals surface area contributed by atoms with Gasteiger partial charge in [0.2, 0.25) is 0 Å². The van der Waals surface area contributed by atoms with E-state index in [0.717, 1.165) is 28.2 Å². The van der Waals surface area contributed by atoms with Gasteiger partial charge >= 0.3 is 0 Å². The highest BCUT2D eigenvalue weighted by Gasteiger charge is 2.15. The van der Waals surface area contributed by atoms with Crippen LogP contribution in [0.15, 0.2) is 60.2 Å². The summed E-state index contributed by atoms with van der Waals surface area (Å²) in [5.41, 5.74) is 5.24. The summed E-state index contributed by atoms with van der Waals surface area (Å²) in [5, 5.41) is 12.9. The number of anilines is 1. The number of para-hydroxylation sites is 1. The predicted molar refractivity (Wildman–Crippen MR) is 114 cm³/mol. The molecule has 1 N–H and O–H groups in total. The fraction of sp³-hybridized carbons (Fsp3) is 0.130. The van der Waals surface area contributed by atoms with Crippen molar-refractivity contribution in [2.24, 2.45) is 0 Å². The van der Waals surface area contributed by atoms with Gasteiger partial charge in [-0.2, -0.15) is 5.26 Å². The van der Waals surface area contributed by atoms with Crippen molar-refractivity contribution in [2.45, 2.75) is 20.8 Å². The Bertz CT molecular complexity index is 1100. The molecule has 0 atom stereocenters. The van der Waals surface area contributed by atoms with E-state index < -0.39 is 5.91 Å². The van der Waals surface area contributed by atoms with E-state index in [0.29, 0.717) is 10.7 Å². The van der Waals surface area contributed by atoms with Crippen molar-refractivity contribution in [2.75, 3.05) is 5.32 Å². The minimum absolute atomic E-state index is 0.0349. The monoisotopic (exact) mass is 389 g/mol.